The van der Waals surface area contributed by atoms with Gasteiger partial charge in [0.2, 0.25) is 9.84 Å². The highest BCUT2D eigenvalue weighted by atomic mass is 32.2. The molecular formula is C11H15NO3S. The minimum absolute atomic E-state index is 0.241. The lowest BCUT2D eigenvalue weighted by molar-refractivity contribution is 0.127. The first kappa shape index (κ1) is 12.9. The molecule has 0 amide bonds. The highest BCUT2D eigenvalue weighted by Gasteiger charge is 2.10. The van der Waals surface area contributed by atoms with Crippen molar-refractivity contribution in [3.05, 3.63) is 29.8 Å². The summed E-state index contributed by atoms with van der Waals surface area (Å²) in [5, 5.41) is 0. The predicted molar refractivity (Wildman–Crippen MR) is 63.3 cm³/mol. The van der Waals surface area contributed by atoms with Crippen LogP contribution in [-0.2, 0) is 14.6 Å². The minimum Gasteiger partial charge on any atom is -0.360 e. The Bertz CT molecular complexity index is 463. The van der Waals surface area contributed by atoms with E-state index in [1.165, 1.54) is 7.11 Å². The van der Waals surface area contributed by atoms with Crippen LogP contribution in [0.15, 0.2) is 34.2 Å². The van der Waals surface area contributed by atoms with Gasteiger partial charge in [0.05, 0.1) is 4.90 Å². The molecule has 0 heterocycles. The number of aryl methyl sites for hydroxylation is 1. The number of hydrogen-bond acceptors (Lipinski definition) is 4. The third-order valence-corrected chi connectivity index (χ3v) is 3.43. The van der Waals surface area contributed by atoms with Gasteiger partial charge in [0, 0.05) is 7.11 Å². The second kappa shape index (κ2) is 5.23. The van der Waals surface area contributed by atoms with Gasteiger partial charge in [0.1, 0.15) is 11.8 Å². The van der Waals surface area contributed by atoms with Crippen LogP contribution in [0.2, 0.25) is 0 Å². The molecule has 0 saturated heterocycles. The van der Waals surface area contributed by atoms with E-state index in [0.717, 1.165) is 11.1 Å². The van der Waals surface area contributed by atoms with Gasteiger partial charge in [0.25, 0.3) is 0 Å². The zero-order valence-corrected chi connectivity index (χ0v) is 10.4. The molecule has 0 aliphatic rings. The summed E-state index contributed by atoms with van der Waals surface area (Å²) in [6, 6.07) is 6.63. The van der Waals surface area contributed by atoms with Crippen molar-refractivity contribution in [2.45, 2.75) is 25.0 Å². The van der Waals surface area contributed by atoms with E-state index in [9.17, 15) is 8.42 Å². The number of benzene rings is 1. The molecule has 1 rings (SSSR count). The van der Waals surface area contributed by atoms with E-state index < -0.39 is 16.1 Å². The van der Waals surface area contributed by atoms with Crippen molar-refractivity contribution in [3.63, 3.8) is 0 Å². The molecule has 88 valence electrons. The van der Waals surface area contributed by atoms with Crippen molar-refractivity contribution in [1.29, 1.82) is 0 Å². The van der Waals surface area contributed by atoms with E-state index in [1.54, 1.807) is 31.2 Å². The molecule has 4 nitrogen and oxygen atoms in total. The van der Waals surface area contributed by atoms with Crippen LogP contribution in [0.3, 0.4) is 0 Å². The summed E-state index contributed by atoms with van der Waals surface area (Å²) in [4.78, 5) is 4.02. The third-order valence-electron chi connectivity index (χ3n) is 2.10. The average molecular weight is 241 g/mol. The van der Waals surface area contributed by atoms with Crippen LogP contribution in [0.1, 0.15) is 12.5 Å². The highest BCUT2D eigenvalue weighted by molar-refractivity contribution is 8.04. The molecule has 0 aromatic heterocycles. The van der Waals surface area contributed by atoms with Crippen LogP contribution in [0.4, 0.5) is 0 Å². The van der Waals surface area contributed by atoms with Gasteiger partial charge in [-0.3, -0.25) is 0 Å². The summed E-state index contributed by atoms with van der Waals surface area (Å²) in [5.41, 5.74) is 1.95. The molecule has 5 heteroatoms. The van der Waals surface area contributed by atoms with Crippen LogP contribution in [0.5, 0.6) is 0 Å². The number of nitrogens with zero attached hydrogens (tertiary/aromatic N) is 1. The molecule has 0 bridgehead atoms. The molecule has 0 N–H and O–H groups in total. The van der Waals surface area contributed by atoms with E-state index in [2.05, 4.69) is 4.99 Å². The first-order valence-electron chi connectivity index (χ1n) is 4.83. The lowest BCUT2D eigenvalue weighted by atomic mass is 10.2. The molecule has 0 aliphatic carbocycles. The zero-order chi connectivity index (χ0) is 12.2. The van der Waals surface area contributed by atoms with E-state index in [0.29, 0.717) is 0 Å². The molecule has 1 aromatic rings. The van der Waals surface area contributed by atoms with Crippen LogP contribution in [0, 0.1) is 6.92 Å². The number of hydrogen-bond donors (Lipinski definition) is 0. The van der Waals surface area contributed by atoms with E-state index >= 15 is 0 Å². The summed E-state index contributed by atoms with van der Waals surface area (Å²) in [6.07, 6.45) is -0.458. The SMILES string of the molecule is COC(C)/N=C/S(=O)(=O)c1ccc(C)cc1. The lowest BCUT2D eigenvalue weighted by Gasteiger charge is -2.02. The zero-order valence-electron chi connectivity index (χ0n) is 9.54. The number of sulfone groups is 1. The largest absolute Gasteiger partial charge is 0.360 e. The minimum atomic E-state index is -3.45. The Labute approximate surface area is 95.9 Å². The first-order valence-corrected chi connectivity index (χ1v) is 6.38. The van der Waals surface area contributed by atoms with Crippen molar-refractivity contribution in [3.8, 4) is 0 Å². The van der Waals surface area contributed by atoms with Crippen LogP contribution in [-0.4, -0.2) is 27.3 Å². The average Bonchev–Trinajstić information content (AvgIpc) is 2.26. The normalized spacial score (nSPS) is 14.2. The third kappa shape index (κ3) is 3.43. The van der Waals surface area contributed by atoms with Crippen molar-refractivity contribution in [2.75, 3.05) is 7.11 Å². The lowest BCUT2D eigenvalue weighted by Crippen LogP contribution is -2.07. The Morgan fingerprint density at radius 3 is 2.38 bits per heavy atom. The molecule has 1 unspecified atom stereocenters. The van der Waals surface area contributed by atoms with Gasteiger partial charge in [-0.2, -0.15) is 0 Å². The number of rotatable bonds is 4. The molecule has 0 saturated carbocycles. The van der Waals surface area contributed by atoms with Crippen LogP contribution in [0.25, 0.3) is 0 Å². The maximum Gasteiger partial charge on any atom is 0.216 e. The maximum absolute atomic E-state index is 11.8. The topological polar surface area (TPSA) is 55.7 Å². The molecule has 0 spiro atoms. The maximum atomic E-state index is 11.8. The Kier molecular flexibility index (Phi) is 4.20. The summed E-state index contributed by atoms with van der Waals surface area (Å²) in [6.45, 7) is 3.57. The van der Waals surface area contributed by atoms with Crippen LogP contribution >= 0.6 is 0 Å². The molecule has 1 aromatic carbocycles. The van der Waals surface area contributed by atoms with Crippen molar-refractivity contribution < 1.29 is 13.2 Å². The molecular weight excluding hydrogens is 226 g/mol. The van der Waals surface area contributed by atoms with Gasteiger partial charge in [0.15, 0.2) is 0 Å². The van der Waals surface area contributed by atoms with Crippen molar-refractivity contribution >= 4 is 15.4 Å². The fraction of sp³-hybridized carbons (Fsp3) is 0.364. The van der Waals surface area contributed by atoms with Crippen molar-refractivity contribution in [1.82, 2.24) is 0 Å². The van der Waals surface area contributed by atoms with Gasteiger partial charge < -0.3 is 4.74 Å². The van der Waals surface area contributed by atoms with Gasteiger partial charge >= 0.3 is 0 Å². The van der Waals surface area contributed by atoms with Crippen LogP contribution < -0.4 is 0 Å². The van der Waals surface area contributed by atoms with Crippen molar-refractivity contribution in [2.24, 2.45) is 4.99 Å². The quantitative estimate of drug-likeness (QED) is 0.596. The van der Waals surface area contributed by atoms with Gasteiger partial charge in [-0.05, 0) is 26.0 Å². The summed E-state index contributed by atoms with van der Waals surface area (Å²) in [7, 11) is -1.98. The summed E-state index contributed by atoms with van der Waals surface area (Å²) >= 11 is 0. The van der Waals surface area contributed by atoms with E-state index in [4.69, 9.17) is 4.74 Å². The summed E-state index contributed by atoms with van der Waals surface area (Å²) < 4.78 is 28.4. The smallest absolute Gasteiger partial charge is 0.216 e. The second-order valence-corrected chi connectivity index (χ2v) is 5.22. The van der Waals surface area contributed by atoms with E-state index in [1.807, 2.05) is 6.92 Å². The van der Waals surface area contributed by atoms with Gasteiger partial charge in [-0.15, -0.1) is 0 Å². The molecule has 0 aliphatic heterocycles. The second-order valence-electron chi connectivity index (χ2n) is 3.45. The number of methoxy groups -OCH3 is 1. The van der Waals surface area contributed by atoms with Gasteiger partial charge in [-0.1, -0.05) is 17.7 Å². The molecule has 0 fully saturated rings. The monoisotopic (exact) mass is 241 g/mol. The Hall–Kier alpha value is -1.20. The Balaban J connectivity index is 2.94. The van der Waals surface area contributed by atoms with Gasteiger partial charge in [-0.25, -0.2) is 13.4 Å². The molecule has 16 heavy (non-hydrogen) atoms. The molecule has 1 atom stereocenters. The Morgan fingerprint density at radius 2 is 1.88 bits per heavy atom. The number of ether oxygens (including phenoxy) is 1. The highest BCUT2D eigenvalue weighted by Crippen LogP contribution is 2.10. The number of aliphatic imine (C=N–C) groups is 1. The fourth-order valence-electron chi connectivity index (χ4n) is 1.02. The fourth-order valence-corrected chi connectivity index (χ4v) is 1.98. The predicted octanol–water partition coefficient (Wildman–Crippen LogP) is 1.79. The summed E-state index contributed by atoms with van der Waals surface area (Å²) in [5.74, 6) is 0. The van der Waals surface area contributed by atoms with E-state index in [-0.39, 0.29) is 4.90 Å². The Morgan fingerprint density at radius 1 is 1.31 bits per heavy atom. The first-order chi connectivity index (χ1) is 7.45. The standard InChI is InChI=1S/C11H15NO3S/c1-9-4-6-11(7-5-9)16(13,14)8-12-10(2)15-3/h4-8,10H,1-3H3/b12-8+. The molecule has 0 radical (unpaired) electrons.